The van der Waals surface area contributed by atoms with Crippen LogP contribution in [0.1, 0.15) is 11.3 Å². The summed E-state index contributed by atoms with van der Waals surface area (Å²) in [5.41, 5.74) is 2.13. The second kappa shape index (κ2) is 5.26. The molecule has 0 saturated carbocycles. The number of rotatable bonds is 5. The van der Waals surface area contributed by atoms with Crippen molar-refractivity contribution in [1.82, 2.24) is 15.4 Å². The van der Waals surface area contributed by atoms with E-state index in [1.807, 2.05) is 18.2 Å². The highest BCUT2D eigenvalue weighted by atomic mass is 16.5. The number of aromatic amines is 1. The van der Waals surface area contributed by atoms with Crippen molar-refractivity contribution in [3.8, 4) is 0 Å². The maximum Gasteiger partial charge on any atom is 0.0847 e. The molecule has 78 valence electrons. The van der Waals surface area contributed by atoms with Gasteiger partial charge in [-0.25, -0.2) is 0 Å². The van der Waals surface area contributed by atoms with E-state index in [2.05, 4.69) is 27.5 Å². The number of aromatic nitrogens is 3. The summed E-state index contributed by atoms with van der Waals surface area (Å²) in [7, 11) is 0. The molecule has 0 radical (unpaired) electrons. The molecule has 0 spiro atoms. The lowest BCUT2D eigenvalue weighted by Crippen LogP contribution is -1.99. The molecule has 15 heavy (non-hydrogen) atoms. The Morgan fingerprint density at radius 2 is 2.07 bits per heavy atom. The van der Waals surface area contributed by atoms with E-state index < -0.39 is 0 Å². The van der Waals surface area contributed by atoms with Crippen LogP contribution in [0.15, 0.2) is 36.5 Å². The minimum Gasteiger partial charge on any atom is -0.376 e. The van der Waals surface area contributed by atoms with Crippen LogP contribution in [-0.4, -0.2) is 22.0 Å². The van der Waals surface area contributed by atoms with Gasteiger partial charge in [0.2, 0.25) is 0 Å². The first-order chi connectivity index (χ1) is 7.45. The third-order valence-corrected chi connectivity index (χ3v) is 2.08. The fraction of sp³-hybridized carbons (Fsp3) is 0.273. The molecule has 1 aromatic heterocycles. The lowest BCUT2D eigenvalue weighted by atomic mass is 10.2. The average Bonchev–Trinajstić information content (AvgIpc) is 2.79. The van der Waals surface area contributed by atoms with Crippen LogP contribution in [0.25, 0.3) is 0 Å². The highest BCUT2D eigenvalue weighted by molar-refractivity contribution is 5.13. The Hall–Kier alpha value is -1.68. The Bertz CT molecular complexity index is 372. The van der Waals surface area contributed by atoms with Crippen molar-refractivity contribution in [2.45, 2.75) is 13.0 Å². The van der Waals surface area contributed by atoms with Gasteiger partial charge in [0.1, 0.15) is 0 Å². The van der Waals surface area contributed by atoms with Crippen LogP contribution in [0.3, 0.4) is 0 Å². The molecule has 0 aliphatic rings. The fourth-order valence-electron chi connectivity index (χ4n) is 1.29. The molecule has 1 aromatic carbocycles. The maximum absolute atomic E-state index is 5.51. The zero-order valence-electron chi connectivity index (χ0n) is 8.39. The third kappa shape index (κ3) is 3.18. The van der Waals surface area contributed by atoms with Gasteiger partial charge in [0, 0.05) is 6.42 Å². The van der Waals surface area contributed by atoms with E-state index in [0.29, 0.717) is 13.2 Å². The molecule has 0 aliphatic carbocycles. The van der Waals surface area contributed by atoms with Gasteiger partial charge in [-0.2, -0.15) is 15.4 Å². The summed E-state index contributed by atoms with van der Waals surface area (Å²) in [6.07, 6.45) is 2.51. The standard InChI is InChI=1S/C11H13N3O/c1-2-4-10(5-3-1)9-15-7-6-11-8-12-14-13-11/h1-5,8H,6-7,9H2,(H,12,13,14). The molecule has 0 saturated heterocycles. The zero-order chi connectivity index (χ0) is 10.3. The van der Waals surface area contributed by atoms with E-state index in [1.165, 1.54) is 5.56 Å². The molecule has 0 fully saturated rings. The number of H-pyrrole nitrogens is 1. The van der Waals surface area contributed by atoms with E-state index in [4.69, 9.17) is 4.74 Å². The summed E-state index contributed by atoms with van der Waals surface area (Å²) in [4.78, 5) is 0. The van der Waals surface area contributed by atoms with Crippen molar-refractivity contribution in [3.63, 3.8) is 0 Å². The molecule has 0 bridgehead atoms. The van der Waals surface area contributed by atoms with Gasteiger partial charge in [-0.3, -0.25) is 0 Å². The largest absolute Gasteiger partial charge is 0.376 e. The molecule has 0 aliphatic heterocycles. The average molecular weight is 203 g/mol. The Morgan fingerprint density at radius 3 is 2.80 bits per heavy atom. The first-order valence-electron chi connectivity index (χ1n) is 4.91. The molecule has 4 heteroatoms. The summed E-state index contributed by atoms with van der Waals surface area (Å²) < 4.78 is 5.51. The molecule has 1 heterocycles. The maximum atomic E-state index is 5.51. The van der Waals surface area contributed by atoms with Gasteiger partial charge in [-0.1, -0.05) is 30.3 Å². The Kier molecular flexibility index (Phi) is 3.46. The molecule has 0 amide bonds. The van der Waals surface area contributed by atoms with Crippen molar-refractivity contribution in [2.24, 2.45) is 0 Å². The normalized spacial score (nSPS) is 10.4. The lowest BCUT2D eigenvalue weighted by Gasteiger charge is -2.02. The predicted molar refractivity (Wildman–Crippen MR) is 56.2 cm³/mol. The number of hydrogen-bond donors (Lipinski definition) is 1. The Morgan fingerprint density at radius 1 is 1.20 bits per heavy atom. The van der Waals surface area contributed by atoms with Crippen LogP contribution in [0.4, 0.5) is 0 Å². The number of hydrogen-bond acceptors (Lipinski definition) is 3. The fourth-order valence-corrected chi connectivity index (χ4v) is 1.29. The molecule has 0 unspecified atom stereocenters. The second-order valence-corrected chi connectivity index (χ2v) is 3.25. The van der Waals surface area contributed by atoms with E-state index in [-0.39, 0.29) is 0 Å². The van der Waals surface area contributed by atoms with Crippen molar-refractivity contribution < 1.29 is 4.74 Å². The monoisotopic (exact) mass is 203 g/mol. The van der Waals surface area contributed by atoms with Crippen LogP contribution >= 0.6 is 0 Å². The van der Waals surface area contributed by atoms with E-state index in [0.717, 1.165) is 12.1 Å². The highest BCUT2D eigenvalue weighted by Gasteiger charge is 1.96. The molecule has 0 atom stereocenters. The molecule has 1 N–H and O–H groups in total. The molecular formula is C11H13N3O. The van der Waals surface area contributed by atoms with Crippen molar-refractivity contribution in [2.75, 3.05) is 6.61 Å². The quantitative estimate of drug-likeness (QED) is 0.750. The Balaban J connectivity index is 1.68. The topological polar surface area (TPSA) is 50.8 Å². The van der Waals surface area contributed by atoms with Crippen LogP contribution in [0.2, 0.25) is 0 Å². The molecular weight excluding hydrogens is 190 g/mol. The summed E-state index contributed by atoms with van der Waals surface area (Å²) in [5.74, 6) is 0. The number of nitrogens with zero attached hydrogens (tertiary/aromatic N) is 2. The smallest absolute Gasteiger partial charge is 0.0847 e. The van der Waals surface area contributed by atoms with Crippen molar-refractivity contribution in [1.29, 1.82) is 0 Å². The van der Waals surface area contributed by atoms with Crippen LogP contribution in [0.5, 0.6) is 0 Å². The molecule has 4 nitrogen and oxygen atoms in total. The van der Waals surface area contributed by atoms with Gasteiger partial charge >= 0.3 is 0 Å². The van der Waals surface area contributed by atoms with Crippen LogP contribution < -0.4 is 0 Å². The summed E-state index contributed by atoms with van der Waals surface area (Å²) >= 11 is 0. The second-order valence-electron chi connectivity index (χ2n) is 3.25. The van der Waals surface area contributed by atoms with Gasteiger partial charge in [0.15, 0.2) is 0 Å². The van der Waals surface area contributed by atoms with Crippen LogP contribution in [0, 0.1) is 0 Å². The van der Waals surface area contributed by atoms with E-state index >= 15 is 0 Å². The molecule has 2 aromatic rings. The third-order valence-electron chi connectivity index (χ3n) is 2.08. The molecule has 2 rings (SSSR count). The van der Waals surface area contributed by atoms with Gasteiger partial charge in [-0.05, 0) is 5.56 Å². The zero-order valence-corrected chi connectivity index (χ0v) is 8.39. The predicted octanol–water partition coefficient (Wildman–Crippen LogP) is 1.56. The number of nitrogens with one attached hydrogen (secondary N) is 1. The van der Waals surface area contributed by atoms with Crippen molar-refractivity contribution >= 4 is 0 Å². The highest BCUT2D eigenvalue weighted by Crippen LogP contribution is 2.01. The summed E-state index contributed by atoms with van der Waals surface area (Å²) in [6.45, 7) is 1.32. The van der Waals surface area contributed by atoms with Gasteiger partial charge in [0.25, 0.3) is 0 Å². The summed E-state index contributed by atoms with van der Waals surface area (Å²) in [5, 5.41) is 10.2. The number of benzene rings is 1. The van der Waals surface area contributed by atoms with Gasteiger partial charge < -0.3 is 4.74 Å². The SMILES string of the molecule is c1ccc(COCCc2cn[nH]n2)cc1. The minimum atomic E-state index is 0.651. The Labute approximate surface area is 88.3 Å². The summed E-state index contributed by atoms with van der Waals surface area (Å²) in [6, 6.07) is 10.1. The minimum absolute atomic E-state index is 0.651. The van der Waals surface area contributed by atoms with Gasteiger partial charge in [0.05, 0.1) is 25.1 Å². The van der Waals surface area contributed by atoms with Crippen molar-refractivity contribution in [3.05, 3.63) is 47.8 Å². The van der Waals surface area contributed by atoms with Gasteiger partial charge in [-0.15, -0.1) is 0 Å². The van der Waals surface area contributed by atoms with Crippen LogP contribution in [-0.2, 0) is 17.8 Å². The van der Waals surface area contributed by atoms with E-state index in [9.17, 15) is 0 Å². The lowest BCUT2D eigenvalue weighted by molar-refractivity contribution is 0.123. The first-order valence-corrected chi connectivity index (χ1v) is 4.91. The van der Waals surface area contributed by atoms with E-state index in [1.54, 1.807) is 6.20 Å². The first kappa shape index (κ1) is 9.86. The number of ether oxygens (including phenoxy) is 1.